The first-order valence-corrected chi connectivity index (χ1v) is 8.30. The maximum absolute atomic E-state index is 13.4. The van der Waals surface area contributed by atoms with Crippen LogP contribution in [0.5, 0.6) is 0 Å². The first-order valence-electron chi connectivity index (χ1n) is 5.09. The summed E-state index contributed by atoms with van der Waals surface area (Å²) < 4.78 is 50.0. The largest absolute Gasteiger partial charge is 0.398 e. The van der Waals surface area contributed by atoms with E-state index >= 15 is 0 Å². The Balaban J connectivity index is 2.95. The molecular formula is C10H15FN2O3S2. The molecule has 0 aliphatic rings. The number of nitrogens with two attached hydrogens (primary N) is 1. The minimum absolute atomic E-state index is 0.0286. The van der Waals surface area contributed by atoms with E-state index in [1.807, 2.05) is 0 Å². The van der Waals surface area contributed by atoms with Crippen LogP contribution in [0.4, 0.5) is 10.1 Å². The molecule has 1 atom stereocenters. The number of nitrogen functional groups attached to an aromatic ring is 1. The van der Waals surface area contributed by atoms with Crippen LogP contribution in [0, 0.1) is 12.7 Å². The van der Waals surface area contributed by atoms with Crippen molar-refractivity contribution in [3.8, 4) is 0 Å². The van der Waals surface area contributed by atoms with E-state index < -0.39 is 26.6 Å². The SMILES string of the molecule is Cc1c(N)cc(S(=O)(=O)NCCS(C)=O)cc1F. The number of benzene rings is 1. The summed E-state index contributed by atoms with van der Waals surface area (Å²) in [5.41, 5.74) is 5.80. The fourth-order valence-corrected chi connectivity index (χ4v) is 2.83. The summed E-state index contributed by atoms with van der Waals surface area (Å²) >= 11 is 0. The zero-order chi connectivity index (χ0) is 13.9. The van der Waals surface area contributed by atoms with Gasteiger partial charge in [-0.05, 0) is 19.1 Å². The number of hydrogen-bond acceptors (Lipinski definition) is 4. The number of hydrogen-bond donors (Lipinski definition) is 2. The predicted molar refractivity (Wildman–Crippen MR) is 69.7 cm³/mol. The highest BCUT2D eigenvalue weighted by Gasteiger charge is 2.17. The Morgan fingerprint density at radius 2 is 2.06 bits per heavy atom. The first kappa shape index (κ1) is 15.1. The number of nitrogens with one attached hydrogen (secondary N) is 1. The second-order valence-electron chi connectivity index (χ2n) is 3.79. The van der Waals surface area contributed by atoms with Gasteiger partial charge in [-0.1, -0.05) is 0 Å². The van der Waals surface area contributed by atoms with Gasteiger partial charge in [0.2, 0.25) is 10.0 Å². The summed E-state index contributed by atoms with van der Waals surface area (Å²) in [6.07, 6.45) is 1.47. The van der Waals surface area contributed by atoms with Crippen LogP contribution in [0.2, 0.25) is 0 Å². The number of anilines is 1. The van der Waals surface area contributed by atoms with Crippen LogP contribution >= 0.6 is 0 Å². The van der Waals surface area contributed by atoms with Gasteiger partial charge in [0.05, 0.1) is 4.90 Å². The van der Waals surface area contributed by atoms with Gasteiger partial charge >= 0.3 is 0 Å². The summed E-state index contributed by atoms with van der Waals surface area (Å²) in [5.74, 6) is -0.474. The molecule has 0 fully saturated rings. The summed E-state index contributed by atoms with van der Waals surface area (Å²) in [6, 6.07) is 2.11. The monoisotopic (exact) mass is 294 g/mol. The molecule has 1 aromatic carbocycles. The number of halogens is 1. The molecule has 18 heavy (non-hydrogen) atoms. The molecule has 102 valence electrons. The van der Waals surface area contributed by atoms with Crippen molar-refractivity contribution >= 4 is 26.5 Å². The predicted octanol–water partition coefficient (Wildman–Crippen LogP) is 0.373. The second-order valence-corrected chi connectivity index (χ2v) is 7.12. The molecule has 1 aromatic rings. The Labute approximate surface area is 108 Å². The van der Waals surface area contributed by atoms with Crippen molar-refractivity contribution in [2.24, 2.45) is 0 Å². The Bertz CT molecular complexity index is 549. The van der Waals surface area contributed by atoms with Gasteiger partial charge in [0, 0.05) is 40.6 Å². The second kappa shape index (κ2) is 5.77. The molecule has 0 saturated carbocycles. The summed E-state index contributed by atoms with van der Waals surface area (Å²) in [7, 11) is -4.92. The third kappa shape index (κ3) is 3.76. The van der Waals surface area contributed by atoms with Gasteiger partial charge in [-0.15, -0.1) is 0 Å². The number of rotatable bonds is 5. The van der Waals surface area contributed by atoms with Gasteiger partial charge in [-0.3, -0.25) is 4.21 Å². The average molecular weight is 294 g/mol. The van der Waals surface area contributed by atoms with E-state index in [4.69, 9.17) is 5.73 Å². The van der Waals surface area contributed by atoms with Gasteiger partial charge in [-0.25, -0.2) is 17.5 Å². The van der Waals surface area contributed by atoms with Crippen molar-refractivity contribution in [3.63, 3.8) is 0 Å². The fourth-order valence-electron chi connectivity index (χ4n) is 1.23. The van der Waals surface area contributed by atoms with E-state index in [-0.39, 0.29) is 28.4 Å². The van der Waals surface area contributed by atoms with Crippen molar-refractivity contribution in [3.05, 3.63) is 23.5 Å². The highest BCUT2D eigenvalue weighted by molar-refractivity contribution is 7.89. The first-order chi connectivity index (χ1) is 8.24. The van der Waals surface area contributed by atoms with E-state index in [0.717, 1.165) is 6.07 Å². The molecule has 8 heteroatoms. The lowest BCUT2D eigenvalue weighted by Crippen LogP contribution is -2.28. The van der Waals surface area contributed by atoms with Gasteiger partial charge in [-0.2, -0.15) is 0 Å². The van der Waals surface area contributed by atoms with Gasteiger partial charge in [0.15, 0.2) is 0 Å². The highest BCUT2D eigenvalue weighted by atomic mass is 32.2. The third-order valence-electron chi connectivity index (χ3n) is 2.35. The standard InChI is InChI=1S/C10H15FN2O3S2/c1-7-9(11)5-8(6-10(7)12)18(15,16)13-3-4-17(2)14/h5-6,13H,3-4,12H2,1-2H3. The lowest BCUT2D eigenvalue weighted by Gasteiger charge is -2.09. The molecule has 3 N–H and O–H groups in total. The highest BCUT2D eigenvalue weighted by Crippen LogP contribution is 2.20. The van der Waals surface area contributed by atoms with Crippen LogP contribution in [0.1, 0.15) is 5.56 Å². The van der Waals surface area contributed by atoms with Crippen LogP contribution in [-0.4, -0.2) is 31.2 Å². The lowest BCUT2D eigenvalue weighted by molar-refractivity contribution is 0.579. The zero-order valence-corrected chi connectivity index (χ0v) is 11.7. The van der Waals surface area contributed by atoms with Crippen LogP contribution in [0.25, 0.3) is 0 Å². The van der Waals surface area contributed by atoms with E-state index in [1.165, 1.54) is 19.2 Å². The Morgan fingerprint density at radius 3 is 2.56 bits per heavy atom. The quantitative estimate of drug-likeness (QED) is 0.768. The Hall–Kier alpha value is -0.990. The van der Waals surface area contributed by atoms with Gasteiger partial charge < -0.3 is 5.73 Å². The fraction of sp³-hybridized carbons (Fsp3) is 0.400. The molecule has 0 spiro atoms. The van der Waals surface area contributed by atoms with Crippen molar-refractivity contribution < 1.29 is 17.0 Å². The minimum atomic E-state index is -3.82. The maximum atomic E-state index is 13.4. The van der Waals surface area contributed by atoms with Gasteiger partial charge in [0.25, 0.3) is 0 Å². The van der Waals surface area contributed by atoms with Crippen molar-refractivity contribution in [2.75, 3.05) is 24.3 Å². The van der Waals surface area contributed by atoms with E-state index in [9.17, 15) is 17.0 Å². The lowest BCUT2D eigenvalue weighted by atomic mass is 10.2. The topological polar surface area (TPSA) is 89.3 Å². The third-order valence-corrected chi connectivity index (χ3v) is 4.57. The van der Waals surface area contributed by atoms with E-state index in [2.05, 4.69) is 4.72 Å². The molecule has 1 unspecified atom stereocenters. The van der Waals surface area contributed by atoms with Crippen LogP contribution in [0.3, 0.4) is 0 Å². The number of sulfonamides is 1. The summed E-state index contributed by atoms with van der Waals surface area (Å²) in [6.45, 7) is 1.50. The molecule has 1 rings (SSSR count). The summed E-state index contributed by atoms with van der Waals surface area (Å²) in [5, 5.41) is 0. The van der Waals surface area contributed by atoms with Crippen molar-refractivity contribution in [2.45, 2.75) is 11.8 Å². The molecule has 0 aliphatic heterocycles. The molecule has 0 saturated heterocycles. The smallest absolute Gasteiger partial charge is 0.240 e. The molecular weight excluding hydrogens is 279 g/mol. The van der Waals surface area contributed by atoms with Gasteiger partial charge in [0.1, 0.15) is 5.82 Å². The summed E-state index contributed by atoms with van der Waals surface area (Å²) in [4.78, 5) is -0.231. The Morgan fingerprint density at radius 1 is 1.44 bits per heavy atom. The molecule has 0 aromatic heterocycles. The zero-order valence-electron chi connectivity index (χ0n) is 10.1. The van der Waals surface area contributed by atoms with Crippen molar-refractivity contribution in [1.29, 1.82) is 0 Å². The van der Waals surface area contributed by atoms with Crippen molar-refractivity contribution in [1.82, 2.24) is 4.72 Å². The Kier molecular flexibility index (Phi) is 4.83. The molecule has 0 heterocycles. The average Bonchev–Trinajstić information content (AvgIpc) is 2.24. The van der Waals surface area contributed by atoms with Crippen LogP contribution in [0.15, 0.2) is 17.0 Å². The molecule has 0 bridgehead atoms. The van der Waals surface area contributed by atoms with Crippen LogP contribution < -0.4 is 10.5 Å². The van der Waals surface area contributed by atoms with E-state index in [1.54, 1.807) is 0 Å². The maximum Gasteiger partial charge on any atom is 0.240 e. The molecule has 0 amide bonds. The minimum Gasteiger partial charge on any atom is -0.398 e. The van der Waals surface area contributed by atoms with Crippen LogP contribution in [-0.2, 0) is 20.8 Å². The normalized spacial score (nSPS) is 13.5. The molecule has 0 aliphatic carbocycles. The molecule has 0 radical (unpaired) electrons. The van der Waals surface area contributed by atoms with E-state index in [0.29, 0.717) is 0 Å². The molecule has 5 nitrogen and oxygen atoms in total.